The first kappa shape index (κ1) is 19.1. The molecule has 0 atom stereocenters. The van der Waals surface area contributed by atoms with Crippen molar-refractivity contribution in [3.05, 3.63) is 83.3 Å². The van der Waals surface area contributed by atoms with Crippen molar-refractivity contribution >= 4 is 11.6 Å². The number of methoxy groups -OCH3 is 1. The Kier molecular flexibility index (Phi) is 5.38. The molecule has 0 aliphatic carbocycles. The Hall–Kier alpha value is -4.20. The van der Waals surface area contributed by atoms with E-state index in [2.05, 4.69) is 15.5 Å². The summed E-state index contributed by atoms with van der Waals surface area (Å²) in [5.74, 6) is 0.758. The van der Waals surface area contributed by atoms with E-state index in [0.29, 0.717) is 17.3 Å². The first-order chi connectivity index (χ1) is 14.6. The van der Waals surface area contributed by atoms with Crippen molar-refractivity contribution in [2.75, 3.05) is 12.4 Å². The zero-order chi connectivity index (χ0) is 20.9. The van der Waals surface area contributed by atoms with Gasteiger partial charge in [0.2, 0.25) is 11.7 Å². The molecule has 0 radical (unpaired) electrons. The van der Waals surface area contributed by atoms with Crippen LogP contribution in [0.5, 0.6) is 5.75 Å². The largest absolute Gasteiger partial charge is 0.497 e. The van der Waals surface area contributed by atoms with Gasteiger partial charge in [-0.15, -0.1) is 0 Å². The molecule has 8 nitrogen and oxygen atoms in total. The zero-order valence-corrected chi connectivity index (χ0v) is 16.1. The van der Waals surface area contributed by atoms with E-state index in [9.17, 15) is 9.59 Å². The normalized spacial score (nSPS) is 10.6. The molecule has 2 aromatic heterocycles. The molecule has 1 amide bonds. The fraction of sp³-hybridized carbons (Fsp3) is 0.0909. The van der Waals surface area contributed by atoms with Crippen molar-refractivity contribution in [2.24, 2.45) is 0 Å². The van der Waals surface area contributed by atoms with Crippen LogP contribution in [0, 0.1) is 0 Å². The van der Waals surface area contributed by atoms with Gasteiger partial charge >= 0.3 is 0 Å². The average Bonchev–Trinajstić information content (AvgIpc) is 3.26. The number of aromatic nitrogens is 3. The predicted molar refractivity (Wildman–Crippen MR) is 111 cm³/mol. The van der Waals surface area contributed by atoms with Gasteiger partial charge in [-0.25, -0.2) is 0 Å². The van der Waals surface area contributed by atoms with E-state index in [1.807, 2.05) is 30.3 Å². The molecule has 0 spiro atoms. The molecule has 0 bridgehead atoms. The number of benzene rings is 2. The third kappa shape index (κ3) is 4.12. The van der Waals surface area contributed by atoms with E-state index in [-0.39, 0.29) is 23.9 Å². The summed E-state index contributed by atoms with van der Waals surface area (Å²) in [7, 11) is 1.55. The molecule has 30 heavy (non-hydrogen) atoms. The number of hydrogen-bond acceptors (Lipinski definition) is 6. The fourth-order valence-electron chi connectivity index (χ4n) is 2.92. The first-order valence-electron chi connectivity index (χ1n) is 9.17. The van der Waals surface area contributed by atoms with E-state index >= 15 is 0 Å². The number of hydrogen-bond donors (Lipinski definition) is 1. The fourth-order valence-corrected chi connectivity index (χ4v) is 2.92. The third-order valence-corrected chi connectivity index (χ3v) is 4.38. The van der Waals surface area contributed by atoms with Crippen LogP contribution < -0.4 is 15.6 Å². The number of pyridine rings is 1. The SMILES string of the molecule is COc1cccc(NC(=O)Cn2cccc(-c3nc(-c4ccccc4)no3)c2=O)c1. The van der Waals surface area contributed by atoms with Crippen LogP contribution in [-0.2, 0) is 11.3 Å². The number of ether oxygens (including phenoxy) is 1. The van der Waals surface area contributed by atoms with E-state index < -0.39 is 5.56 Å². The Morgan fingerprint density at radius 3 is 2.73 bits per heavy atom. The molecule has 1 N–H and O–H groups in total. The van der Waals surface area contributed by atoms with Crippen LogP contribution in [0.2, 0.25) is 0 Å². The van der Waals surface area contributed by atoms with Gasteiger partial charge in [-0.3, -0.25) is 9.59 Å². The molecule has 0 aliphatic rings. The molecule has 2 aromatic carbocycles. The van der Waals surface area contributed by atoms with Crippen LogP contribution in [0.25, 0.3) is 22.8 Å². The molecule has 0 saturated carbocycles. The van der Waals surface area contributed by atoms with E-state index in [4.69, 9.17) is 9.26 Å². The minimum Gasteiger partial charge on any atom is -0.497 e. The number of amides is 1. The number of nitrogens with zero attached hydrogens (tertiary/aromatic N) is 3. The highest BCUT2D eigenvalue weighted by Crippen LogP contribution is 2.20. The second-order valence-corrected chi connectivity index (χ2v) is 6.42. The molecule has 0 fully saturated rings. The maximum Gasteiger partial charge on any atom is 0.263 e. The van der Waals surface area contributed by atoms with Crippen molar-refractivity contribution in [3.63, 3.8) is 0 Å². The number of rotatable bonds is 6. The Bertz CT molecular complexity index is 1230. The van der Waals surface area contributed by atoms with Crippen LogP contribution in [0.1, 0.15) is 0 Å². The third-order valence-electron chi connectivity index (χ3n) is 4.38. The van der Waals surface area contributed by atoms with Crippen molar-refractivity contribution in [3.8, 4) is 28.6 Å². The van der Waals surface area contributed by atoms with Crippen molar-refractivity contribution in [1.29, 1.82) is 0 Å². The molecule has 0 unspecified atom stereocenters. The molecule has 4 rings (SSSR count). The monoisotopic (exact) mass is 402 g/mol. The minimum absolute atomic E-state index is 0.0985. The first-order valence-corrected chi connectivity index (χ1v) is 9.17. The van der Waals surface area contributed by atoms with Crippen LogP contribution in [0.3, 0.4) is 0 Å². The van der Waals surface area contributed by atoms with Crippen LogP contribution in [0.4, 0.5) is 5.69 Å². The van der Waals surface area contributed by atoms with Crippen molar-refractivity contribution < 1.29 is 14.1 Å². The highest BCUT2D eigenvalue weighted by molar-refractivity contribution is 5.90. The van der Waals surface area contributed by atoms with Gasteiger partial charge in [-0.2, -0.15) is 4.98 Å². The van der Waals surface area contributed by atoms with Gasteiger partial charge < -0.3 is 19.1 Å². The lowest BCUT2D eigenvalue weighted by atomic mass is 10.2. The molecule has 2 heterocycles. The molecule has 150 valence electrons. The van der Waals surface area contributed by atoms with Crippen molar-refractivity contribution in [1.82, 2.24) is 14.7 Å². The summed E-state index contributed by atoms with van der Waals surface area (Å²) >= 11 is 0. The average molecular weight is 402 g/mol. The summed E-state index contributed by atoms with van der Waals surface area (Å²) in [6.45, 7) is -0.163. The minimum atomic E-state index is -0.401. The van der Waals surface area contributed by atoms with E-state index in [0.717, 1.165) is 5.56 Å². The van der Waals surface area contributed by atoms with Gasteiger partial charge in [-0.1, -0.05) is 41.6 Å². The summed E-state index contributed by atoms with van der Waals surface area (Å²) < 4.78 is 11.7. The number of carbonyl (C=O) groups is 1. The van der Waals surface area contributed by atoms with Gasteiger partial charge in [0.1, 0.15) is 17.9 Å². The zero-order valence-electron chi connectivity index (χ0n) is 16.1. The lowest BCUT2D eigenvalue weighted by Gasteiger charge is -2.09. The Balaban J connectivity index is 1.54. The Morgan fingerprint density at radius 1 is 1.10 bits per heavy atom. The number of nitrogens with one attached hydrogen (secondary N) is 1. The molecular formula is C22H18N4O4. The predicted octanol–water partition coefficient (Wildman–Crippen LogP) is 3.21. The summed E-state index contributed by atoms with van der Waals surface area (Å²) in [6.07, 6.45) is 1.53. The van der Waals surface area contributed by atoms with Crippen LogP contribution in [0.15, 0.2) is 82.2 Å². The van der Waals surface area contributed by atoms with Gasteiger partial charge in [0.25, 0.3) is 11.4 Å². The van der Waals surface area contributed by atoms with Gasteiger partial charge in [0, 0.05) is 23.5 Å². The maximum atomic E-state index is 12.8. The van der Waals surface area contributed by atoms with E-state index in [1.54, 1.807) is 43.5 Å². The molecular weight excluding hydrogens is 384 g/mol. The van der Waals surface area contributed by atoms with Gasteiger partial charge in [0.05, 0.1) is 7.11 Å². The van der Waals surface area contributed by atoms with Crippen LogP contribution in [-0.4, -0.2) is 27.7 Å². The summed E-state index contributed by atoms with van der Waals surface area (Å²) in [6, 6.07) is 19.5. The lowest BCUT2D eigenvalue weighted by molar-refractivity contribution is -0.116. The Labute approximate surface area is 171 Å². The molecule has 8 heteroatoms. The van der Waals surface area contributed by atoms with Gasteiger partial charge in [0.15, 0.2) is 0 Å². The second kappa shape index (κ2) is 8.44. The topological polar surface area (TPSA) is 99.2 Å². The van der Waals surface area contributed by atoms with E-state index in [1.165, 1.54) is 10.8 Å². The Morgan fingerprint density at radius 2 is 1.93 bits per heavy atom. The number of carbonyl (C=O) groups excluding carboxylic acids is 1. The van der Waals surface area contributed by atoms with Crippen LogP contribution >= 0.6 is 0 Å². The molecule has 0 aliphatic heterocycles. The molecule has 4 aromatic rings. The second-order valence-electron chi connectivity index (χ2n) is 6.42. The number of anilines is 1. The summed E-state index contributed by atoms with van der Waals surface area (Å²) in [5.41, 5.74) is 1.18. The standard InChI is InChI=1S/C22H18N4O4/c1-29-17-10-5-9-16(13-17)23-19(27)14-26-12-6-11-18(22(26)28)21-24-20(25-30-21)15-7-3-2-4-8-15/h2-13H,14H2,1H3,(H,23,27). The quantitative estimate of drug-likeness (QED) is 0.532. The van der Waals surface area contributed by atoms with Gasteiger partial charge in [-0.05, 0) is 24.3 Å². The highest BCUT2D eigenvalue weighted by Gasteiger charge is 2.16. The lowest BCUT2D eigenvalue weighted by Crippen LogP contribution is -2.28. The van der Waals surface area contributed by atoms with Crippen molar-refractivity contribution in [2.45, 2.75) is 6.54 Å². The smallest absolute Gasteiger partial charge is 0.263 e. The summed E-state index contributed by atoms with van der Waals surface area (Å²) in [4.78, 5) is 29.6. The highest BCUT2D eigenvalue weighted by atomic mass is 16.5. The summed E-state index contributed by atoms with van der Waals surface area (Å²) in [5, 5.41) is 6.69. The molecule has 0 saturated heterocycles. The maximum absolute atomic E-state index is 12.8.